The summed E-state index contributed by atoms with van der Waals surface area (Å²) in [6.07, 6.45) is 6.43. The van der Waals surface area contributed by atoms with E-state index in [1.165, 1.54) is 51.7 Å². The molecule has 2 rings (SSSR count). The van der Waals surface area contributed by atoms with E-state index in [0.29, 0.717) is 12.1 Å². The predicted octanol–water partition coefficient (Wildman–Crippen LogP) is 4.16. The lowest BCUT2D eigenvalue weighted by Gasteiger charge is -2.29. The van der Waals surface area contributed by atoms with Crippen LogP contribution >= 0.6 is 0 Å². The van der Waals surface area contributed by atoms with Gasteiger partial charge < -0.3 is 10.2 Å². The van der Waals surface area contributed by atoms with Gasteiger partial charge in [-0.3, -0.25) is 0 Å². The lowest BCUT2D eigenvalue weighted by Crippen LogP contribution is -2.33. The SMILES string of the molecule is CCN(CC)CCCC(C)NC1CCCc2ccccc21. The molecule has 1 aromatic carbocycles. The van der Waals surface area contributed by atoms with Crippen molar-refractivity contribution in [3.8, 4) is 0 Å². The number of rotatable bonds is 8. The zero-order valence-electron chi connectivity index (χ0n) is 14.1. The van der Waals surface area contributed by atoms with Crippen LogP contribution in [0.3, 0.4) is 0 Å². The summed E-state index contributed by atoms with van der Waals surface area (Å²) < 4.78 is 0. The minimum Gasteiger partial charge on any atom is -0.307 e. The first-order valence-electron chi connectivity index (χ1n) is 8.80. The van der Waals surface area contributed by atoms with Crippen LogP contribution in [0.5, 0.6) is 0 Å². The molecule has 118 valence electrons. The number of fused-ring (bicyclic) bond motifs is 1. The van der Waals surface area contributed by atoms with Crippen molar-refractivity contribution < 1.29 is 0 Å². The summed E-state index contributed by atoms with van der Waals surface area (Å²) in [6, 6.07) is 10.1. The van der Waals surface area contributed by atoms with Crippen LogP contribution in [0.25, 0.3) is 0 Å². The molecule has 0 heterocycles. The van der Waals surface area contributed by atoms with Crippen molar-refractivity contribution in [3.63, 3.8) is 0 Å². The normalized spacial score (nSPS) is 19.5. The smallest absolute Gasteiger partial charge is 0.0325 e. The van der Waals surface area contributed by atoms with Crippen molar-refractivity contribution in [2.24, 2.45) is 0 Å². The average molecular weight is 288 g/mol. The van der Waals surface area contributed by atoms with E-state index in [2.05, 4.69) is 55.3 Å². The topological polar surface area (TPSA) is 15.3 Å². The van der Waals surface area contributed by atoms with Gasteiger partial charge in [-0.15, -0.1) is 0 Å². The van der Waals surface area contributed by atoms with Gasteiger partial charge in [-0.05, 0) is 69.8 Å². The van der Waals surface area contributed by atoms with Crippen LogP contribution in [0.4, 0.5) is 0 Å². The van der Waals surface area contributed by atoms with E-state index in [-0.39, 0.29) is 0 Å². The van der Waals surface area contributed by atoms with Gasteiger partial charge in [-0.2, -0.15) is 0 Å². The summed E-state index contributed by atoms with van der Waals surface area (Å²) in [5, 5.41) is 3.87. The molecule has 1 N–H and O–H groups in total. The zero-order valence-corrected chi connectivity index (χ0v) is 14.1. The monoisotopic (exact) mass is 288 g/mol. The van der Waals surface area contributed by atoms with E-state index >= 15 is 0 Å². The third kappa shape index (κ3) is 4.82. The number of nitrogens with one attached hydrogen (secondary N) is 1. The average Bonchev–Trinajstić information content (AvgIpc) is 2.52. The molecule has 2 nitrogen and oxygen atoms in total. The molecule has 1 aliphatic carbocycles. The zero-order chi connectivity index (χ0) is 15.1. The molecule has 2 unspecified atom stereocenters. The Hall–Kier alpha value is -0.860. The lowest BCUT2D eigenvalue weighted by atomic mass is 9.87. The van der Waals surface area contributed by atoms with Crippen LogP contribution in [0.15, 0.2) is 24.3 Å². The Morgan fingerprint density at radius 2 is 2.00 bits per heavy atom. The summed E-state index contributed by atoms with van der Waals surface area (Å²) in [7, 11) is 0. The van der Waals surface area contributed by atoms with E-state index in [4.69, 9.17) is 0 Å². The maximum absolute atomic E-state index is 3.87. The first-order valence-corrected chi connectivity index (χ1v) is 8.80. The molecule has 0 radical (unpaired) electrons. The Morgan fingerprint density at radius 3 is 2.76 bits per heavy atom. The van der Waals surface area contributed by atoms with Gasteiger partial charge in [-0.1, -0.05) is 38.1 Å². The van der Waals surface area contributed by atoms with E-state index in [1.54, 1.807) is 11.1 Å². The number of benzene rings is 1. The van der Waals surface area contributed by atoms with Crippen LogP contribution in [0, 0.1) is 0 Å². The lowest BCUT2D eigenvalue weighted by molar-refractivity contribution is 0.286. The molecular weight excluding hydrogens is 256 g/mol. The highest BCUT2D eigenvalue weighted by molar-refractivity contribution is 5.32. The number of hydrogen-bond donors (Lipinski definition) is 1. The molecule has 0 saturated heterocycles. The van der Waals surface area contributed by atoms with Crippen molar-refractivity contribution >= 4 is 0 Å². The molecule has 0 saturated carbocycles. The summed E-state index contributed by atoms with van der Waals surface area (Å²) in [5.74, 6) is 0. The maximum Gasteiger partial charge on any atom is 0.0325 e. The molecule has 1 aliphatic rings. The summed E-state index contributed by atoms with van der Waals surface area (Å²) >= 11 is 0. The fourth-order valence-electron chi connectivity index (χ4n) is 3.51. The molecule has 21 heavy (non-hydrogen) atoms. The van der Waals surface area contributed by atoms with Crippen molar-refractivity contribution in [2.75, 3.05) is 19.6 Å². The number of nitrogens with zero attached hydrogens (tertiary/aromatic N) is 1. The largest absolute Gasteiger partial charge is 0.307 e. The first kappa shape index (κ1) is 16.5. The van der Waals surface area contributed by atoms with Gasteiger partial charge in [0.1, 0.15) is 0 Å². The van der Waals surface area contributed by atoms with Crippen molar-refractivity contribution in [1.82, 2.24) is 10.2 Å². The summed E-state index contributed by atoms with van der Waals surface area (Å²) in [4.78, 5) is 2.52. The Kier molecular flexibility index (Phi) is 6.72. The van der Waals surface area contributed by atoms with Gasteiger partial charge in [0.15, 0.2) is 0 Å². The van der Waals surface area contributed by atoms with E-state index in [1.807, 2.05) is 0 Å². The molecule has 2 atom stereocenters. The predicted molar refractivity (Wildman–Crippen MR) is 91.7 cm³/mol. The van der Waals surface area contributed by atoms with Crippen LogP contribution in [0.2, 0.25) is 0 Å². The molecule has 0 aromatic heterocycles. The number of hydrogen-bond acceptors (Lipinski definition) is 2. The van der Waals surface area contributed by atoms with Crippen molar-refractivity contribution in [3.05, 3.63) is 35.4 Å². The second-order valence-corrected chi connectivity index (χ2v) is 6.38. The molecule has 0 amide bonds. The standard InChI is InChI=1S/C19H32N2/c1-4-21(5-2)15-9-10-16(3)20-19-14-8-12-17-11-6-7-13-18(17)19/h6-7,11,13,16,19-20H,4-5,8-10,12,14-15H2,1-3H3. The van der Waals surface area contributed by atoms with Gasteiger partial charge >= 0.3 is 0 Å². The maximum atomic E-state index is 3.87. The fourth-order valence-corrected chi connectivity index (χ4v) is 3.51. The molecule has 2 heteroatoms. The van der Waals surface area contributed by atoms with Gasteiger partial charge in [-0.25, -0.2) is 0 Å². The molecule has 0 bridgehead atoms. The van der Waals surface area contributed by atoms with E-state index in [0.717, 1.165) is 0 Å². The molecule has 0 fully saturated rings. The van der Waals surface area contributed by atoms with E-state index in [9.17, 15) is 0 Å². The Morgan fingerprint density at radius 1 is 1.24 bits per heavy atom. The highest BCUT2D eigenvalue weighted by Gasteiger charge is 2.20. The third-order valence-electron chi connectivity index (χ3n) is 4.86. The van der Waals surface area contributed by atoms with Crippen LogP contribution in [0.1, 0.15) is 63.6 Å². The number of aryl methyl sites for hydroxylation is 1. The van der Waals surface area contributed by atoms with Gasteiger partial charge in [0.25, 0.3) is 0 Å². The van der Waals surface area contributed by atoms with Gasteiger partial charge in [0.2, 0.25) is 0 Å². The fraction of sp³-hybridized carbons (Fsp3) is 0.684. The molecule has 0 aliphatic heterocycles. The first-order chi connectivity index (χ1) is 10.2. The Bertz CT molecular complexity index is 412. The van der Waals surface area contributed by atoms with Gasteiger partial charge in [0, 0.05) is 12.1 Å². The second-order valence-electron chi connectivity index (χ2n) is 6.38. The van der Waals surface area contributed by atoms with Gasteiger partial charge in [0.05, 0.1) is 0 Å². The Labute approximate surface area is 130 Å². The van der Waals surface area contributed by atoms with E-state index < -0.39 is 0 Å². The van der Waals surface area contributed by atoms with Crippen LogP contribution in [-0.4, -0.2) is 30.6 Å². The highest BCUT2D eigenvalue weighted by Crippen LogP contribution is 2.29. The highest BCUT2D eigenvalue weighted by atomic mass is 15.1. The second kappa shape index (κ2) is 8.55. The third-order valence-corrected chi connectivity index (χ3v) is 4.86. The van der Waals surface area contributed by atoms with Crippen molar-refractivity contribution in [2.45, 2.75) is 65.0 Å². The summed E-state index contributed by atoms with van der Waals surface area (Å²) in [6.45, 7) is 10.4. The molecule has 0 spiro atoms. The summed E-state index contributed by atoms with van der Waals surface area (Å²) in [5.41, 5.74) is 3.09. The quantitative estimate of drug-likeness (QED) is 0.772. The Balaban J connectivity index is 1.79. The minimum atomic E-state index is 0.568. The van der Waals surface area contributed by atoms with Crippen LogP contribution in [-0.2, 0) is 6.42 Å². The van der Waals surface area contributed by atoms with Crippen LogP contribution < -0.4 is 5.32 Å². The molecular formula is C19H32N2. The van der Waals surface area contributed by atoms with Crippen molar-refractivity contribution in [1.29, 1.82) is 0 Å². The molecule has 1 aromatic rings. The minimum absolute atomic E-state index is 0.568.